The van der Waals surface area contributed by atoms with E-state index < -0.39 is 11.9 Å². The number of aromatic nitrogens is 2. The molecule has 0 saturated heterocycles. The first-order valence-electron chi connectivity index (χ1n) is 5.88. The van der Waals surface area contributed by atoms with Gasteiger partial charge in [0.1, 0.15) is 17.7 Å². The zero-order chi connectivity index (χ0) is 14.0. The minimum absolute atomic E-state index is 0.142. The lowest BCUT2D eigenvalue weighted by atomic mass is 10.0. The standard InChI is InChI=1S/C13H15FN2O2S/c1-7(2)11-13(19-16-15-11)12(17)9-6-8(14)4-5-10(9)18-3/h4-7,12,17H,1-3H3. The molecule has 0 aliphatic heterocycles. The van der Waals surface area contributed by atoms with Gasteiger partial charge in [-0.25, -0.2) is 4.39 Å². The molecular weight excluding hydrogens is 267 g/mol. The molecule has 1 aromatic carbocycles. The second-order valence-corrected chi connectivity index (χ2v) is 5.25. The quantitative estimate of drug-likeness (QED) is 0.937. The van der Waals surface area contributed by atoms with Crippen molar-refractivity contribution in [3.8, 4) is 5.75 Å². The first-order valence-corrected chi connectivity index (χ1v) is 6.65. The van der Waals surface area contributed by atoms with Crippen LogP contribution in [0.5, 0.6) is 5.75 Å². The molecule has 19 heavy (non-hydrogen) atoms. The highest BCUT2D eigenvalue weighted by Crippen LogP contribution is 2.35. The second-order valence-electron chi connectivity index (χ2n) is 4.47. The largest absolute Gasteiger partial charge is 0.496 e. The lowest BCUT2D eigenvalue weighted by Crippen LogP contribution is -2.05. The van der Waals surface area contributed by atoms with E-state index in [1.54, 1.807) is 0 Å². The Kier molecular flexibility index (Phi) is 4.11. The molecule has 0 saturated carbocycles. The van der Waals surface area contributed by atoms with E-state index in [2.05, 4.69) is 9.59 Å². The van der Waals surface area contributed by atoms with E-state index in [0.717, 1.165) is 17.2 Å². The van der Waals surface area contributed by atoms with E-state index in [1.807, 2.05) is 13.8 Å². The van der Waals surface area contributed by atoms with E-state index in [-0.39, 0.29) is 5.92 Å². The van der Waals surface area contributed by atoms with Crippen molar-refractivity contribution in [1.29, 1.82) is 0 Å². The summed E-state index contributed by atoms with van der Waals surface area (Å²) in [7, 11) is 1.48. The van der Waals surface area contributed by atoms with Crippen LogP contribution in [-0.4, -0.2) is 21.8 Å². The van der Waals surface area contributed by atoms with E-state index in [4.69, 9.17) is 4.74 Å². The van der Waals surface area contributed by atoms with Gasteiger partial charge in [0.2, 0.25) is 0 Å². The lowest BCUT2D eigenvalue weighted by Gasteiger charge is -2.15. The maximum atomic E-state index is 13.4. The number of benzene rings is 1. The molecule has 6 heteroatoms. The Labute approximate surface area is 115 Å². The van der Waals surface area contributed by atoms with Crippen molar-refractivity contribution in [3.05, 3.63) is 40.2 Å². The molecule has 0 aliphatic carbocycles. The fourth-order valence-corrected chi connectivity index (χ4v) is 2.67. The summed E-state index contributed by atoms with van der Waals surface area (Å²) < 4.78 is 22.4. The molecule has 2 aromatic rings. The molecule has 1 unspecified atom stereocenters. The maximum Gasteiger partial charge on any atom is 0.125 e. The molecule has 1 aromatic heterocycles. The van der Waals surface area contributed by atoms with E-state index in [1.165, 1.54) is 25.3 Å². The number of hydrogen-bond acceptors (Lipinski definition) is 5. The van der Waals surface area contributed by atoms with Crippen LogP contribution in [0.15, 0.2) is 18.2 Å². The molecule has 4 nitrogen and oxygen atoms in total. The van der Waals surface area contributed by atoms with Gasteiger partial charge in [0.15, 0.2) is 0 Å². The van der Waals surface area contributed by atoms with Crippen molar-refractivity contribution < 1.29 is 14.2 Å². The third kappa shape index (κ3) is 2.74. The van der Waals surface area contributed by atoms with Crippen molar-refractivity contribution in [3.63, 3.8) is 0 Å². The number of rotatable bonds is 4. The van der Waals surface area contributed by atoms with Gasteiger partial charge in [0, 0.05) is 5.56 Å². The summed E-state index contributed by atoms with van der Waals surface area (Å²) in [6, 6.07) is 4.06. The van der Waals surface area contributed by atoms with Gasteiger partial charge in [-0.2, -0.15) is 0 Å². The number of nitrogens with zero attached hydrogens (tertiary/aromatic N) is 2. The lowest BCUT2D eigenvalue weighted by molar-refractivity contribution is 0.216. The summed E-state index contributed by atoms with van der Waals surface area (Å²) in [5.41, 5.74) is 1.11. The Bertz CT molecular complexity index is 572. The summed E-state index contributed by atoms with van der Waals surface area (Å²) in [4.78, 5) is 0.624. The van der Waals surface area contributed by atoms with Crippen molar-refractivity contribution in [2.75, 3.05) is 7.11 Å². The number of hydrogen-bond donors (Lipinski definition) is 1. The number of ether oxygens (including phenoxy) is 1. The van der Waals surface area contributed by atoms with Crippen LogP contribution < -0.4 is 4.74 Å². The van der Waals surface area contributed by atoms with Gasteiger partial charge in [-0.3, -0.25) is 0 Å². The molecule has 1 atom stereocenters. The van der Waals surface area contributed by atoms with Gasteiger partial charge in [-0.1, -0.05) is 18.3 Å². The Morgan fingerprint density at radius 2 is 2.11 bits per heavy atom. The smallest absolute Gasteiger partial charge is 0.125 e. The van der Waals surface area contributed by atoms with Crippen molar-refractivity contribution in [1.82, 2.24) is 9.59 Å². The van der Waals surface area contributed by atoms with E-state index in [0.29, 0.717) is 16.2 Å². The molecular formula is C13H15FN2O2S. The molecule has 2 rings (SSSR count). The predicted molar refractivity (Wildman–Crippen MR) is 71.0 cm³/mol. The van der Waals surface area contributed by atoms with Crippen molar-refractivity contribution in [2.45, 2.75) is 25.9 Å². The van der Waals surface area contributed by atoms with Gasteiger partial charge in [0.05, 0.1) is 17.7 Å². The summed E-state index contributed by atoms with van der Waals surface area (Å²) in [6.07, 6.45) is -0.983. The molecule has 0 aliphatic rings. The van der Waals surface area contributed by atoms with E-state index in [9.17, 15) is 9.50 Å². The van der Waals surface area contributed by atoms with Crippen LogP contribution in [0.1, 0.15) is 42.0 Å². The normalized spacial score (nSPS) is 12.7. The number of aliphatic hydroxyl groups is 1. The Balaban J connectivity index is 2.46. The maximum absolute atomic E-state index is 13.4. The molecule has 1 N–H and O–H groups in total. The highest BCUT2D eigenvalue weighted by atomic mass is 32.1. The zero-order valence-corrected chi connectivity index (χ0v) is 11.7. The zero-order valence-electron chi connectivity index (χ0n) is 10.9. The fourth-order valence-electron chi connectivity index (χ4n) is 1.85. The number of aliphatic hydroxyl groups excluding tert-OH is 1. The van der Waals surface area contributed by atoms with Crippen LogP contribution in [0.25, 0.3) is 0 Å². The van der Waals surface area contributed by atoms with Crippen LogP contribution in [0.4, 0.5) is 4.39 Å². The highest BCUT2D eigenvalue weighted by Gasteiger charge is 2.23. The first kappa shape index (κ1) is 13.9. The van der Waals surface area contributed by atoms with Crippen LogP contribution in [-0.2, 0) is 0 Å². The molecule has 102 valence electrons. The Morgan fingerprint density at radius 1 is 1.37 bits per heavy atom. The molecule has 1 heterocycles. The Morgan fingerprint density at radius 3 is 2.74 bits per heavy atom. The fraction of sp³-hybridized carbons (Fsp3) is 0.385. The van der Waals surface area contributed by atoms with Gasteiger partial charge in [-0.15, -0.1) is 5.10 Å². The topological polar surface area (TPSA) is 55.2 Å². The van der Waals surface area contributed by atoms with Crippen LogP contribution in [0.2, 0.25) is 0 Å². The third-order valence-electron chi connectivity index (χ3n) is 2.82. The summed E-state index contributed by atoms with van der Waals surface area (Å²) in [6.45, 7) is 3.94. The predicted octanol–water partition coefficient (Wildman–Crippen LogP) is 2.89. The van der Waals surface area contributed by atoms with Gasteiger partial charge in [0.25, 0.3) is 0 Å². The van der Waals surface area contributed by atoms with Crippen LogP contribution in [0, 0.1) is 5.82 Å². The average Bonchev–Trinajstić information content (AvgIpc) is 2.87. The second kappa shape index (κ2) is 5.63. The molecule has 0 fully saturated rings. The van der Waals surface area contributed by atoms with Crippen molar-refractivity contribution >= 4 is 11.5 Å². The molecule has 0 spiro atoms. The molecule has 0 bridgehead atoms. The third-order valence-corrected chi connectivity index (χ3v) is 3.61. The van der Waals surface area contributed by atoms with Gasteiger partial charge >= 0.3 is 0 Å². The minimum Gasteiger partial charge on any atom is -0.496 e. The molecule has 0 amide bonds. The first-order chi connectivity index (χ1) is 9.04. The van der Waals surface area contributed by atoms with Crippen LogP contribution in [0.3, 0.4) is 0 Å². The van der Waals surface area contributed by atoms with Crippen LogP contribution >= 0.6 is 11.5 Å². The summed E-state index contributed by atoms with van der Waals surface area (Å²) >= 11 is 1.12. The Hall–Kier alpha value is -1.53. The SMILES string of the molecule is COc1ccc(F)cc1C(O)c1snnc1C(C)C. The minimum atomic E-state index is -0.983. The van der Waals surface area contributed by atoms with Crippen molar-refractivity contribution in [2.24, 2.45) is 0 Å². The number of methoxy groups -OCH3 is 1. The number of halogens is 1. The average molecular weight is 282 g/mol. The molecule has 0 radical (unpaired) electrons. The summed E-state index contributed by atoms with van der Waals surface area (Å²) in [5, 5.41) is 14.4. The highest BCUT2D eigenvalue weighted by molar-refractivity contribution is 7.05. The van der Waals surface area contributed by atoms with E-state index >= 15 is 0 Å². The monoisotopic (exact) mass is 282 g/mol. The summed E-state index contributed by atoms with van der Waals surface area (Å²) in [5.74, 6) is 0.165. The van der Waals surface area contributed by atoms with Gasteiger partial charge < -0.3 is 9.84 Å². The van der Waals surface area contributed by atoms with Gasteiger partial charge in [-0.05, 0) is 35.6 Å².